The highest BCUT2D eigenvalue weighted by molar-refractivity contribution is 7.93. The molecule has 128 valence electrons. The van der Waals surface area contributed by atoms with Crippen molar-refractivity contribution >= 4 is 32.1 Å². The fourth-order valence-corrected chi connectivity index (χ4v) is 5.97. The molecular formula is C17H18FNO3S2. The number of hydrogen-bond donors (Lipinski definition) is 1. The third-order valence-electron chi connectivity index (χ3n) is 4.18. The summed E-state index contributed by atoms with van der Waals surface area (Å²) in [5.74, 6) is -0.620. The third kappa shape index (κ3) is 3.10. The number of anilines is 1. The van der Waals surface area contributed by atoms with Gasteiger partial charge >= 0.3 is 0 Å². The number of carbonyl (C=O) groups is 1. The number of fused-ring (bicyclic) bond motifs is 1. The zero-order valence-corrected chi connectivity index (χ0v) is 15.1. The third-order valence-corrected chi connectivity index (χ3v) is 7.02. The molecule has 0 saturated heterocycles. The number of carbonyl (C=O) groups excluding carboxylic acids is 1. The van der Waals surface area contributed by atoms with E-state index in [0.29, 0.717) is 16.1 Å². The first kappa shape index (κ1) is 17.1. The van der Waals surface area contributed by atoms with Gasteiger partial charge in [-0.3, -0.25) is 9.52 Å². The first-order valence-electron chi connectivity index (χ1n) is 7.74. The van der Waals surface area contributed by atoms with Crippen molar-refractivity contribution in [3.63, 3.8) is 0 Å². The van der Waals surface area contributed by atoms with Crippen LogP contribution in [0.1, 0.15) is 46.1 Å². The smallest absolute Gasteiger partial charge is 0.262 e. The van der Waals surface area contributed by atoms with E-state index in [2.05, 4.69) is 4.72 Å². The highest BCUT2D eigenvalue weighted by atomic mass is 32.2. The van der Waals surface area contributed by atoms with Crippen LogP contribution in [0.3, 0.4) is 0 Å². The molecule has 1 aromatic carbocycles. The first-order chi connectivity index (χ1) is 11.3. The van der Waals surface area contributed by atoms with Gasteiger partial charge in [-0.1, -0.05) is 0 Å². The van der Waals surface area contributed by atoms with E-state index in [-0.39, 0.29) is 10.7 Å². The predicted octanol–water partition coefficient (Wildman–Crippen LogP) is 4.08. The molecule has 1 aliphatic carbocycles. The highest BCUT2D eigenvalue weighted by Crippen LogP contribution is 2.39. The number of benzene rings is 1. The van der Waals surface area contributed by atoms with Gasteiger partial charge < -0.3 is 0 Å². The summed E-state index contributed by atoms with van der Waals surface area (Å²) in [6.45, 7) is 3.00. The van der Waals surface area contributed by atoms with E-state index in [1.807, 2.05) is 0 Å². The van der Waals surface area contributed by atoms with Crippen molar-refractivity contribution in [3.8, 4) is 0 Å². The lowest BCUT2D eigenvalue weighted by Crippen LogP contribution is -2.15. The molecule has 0 saturated carbocycles. The Hall–Kier alpha value is -1.73. The second-order valence-electron chi connectivity index (χ2n) is 5.99. The quantitative estimate of drug-likeness (QED) is 0.828. The monoisotopic (exact) mass is 367 g/mol. The Morgan fingerprint density at radius 1 is 1.25 bits per heavy atom. The number of Topliss-reactive ketones (excluding diaryl/α,β-unsaturated/α-hetero) is 1. The Morgan fingerprint density at radius 3 is 2.62 bits per heavy atom. The van der Waals surface area contributed by atoms with E-state index in [0.717, 1.165) is 42.2 Å². The van der Waals surface area contributed by atoms with Gasteiger partial charge in [0.2, 0.25) is 0 Å². The van der Waals surface area contributed by atoms with E-state index in [1.165, 1.54) is 30.4 Å². The number of aryl methyl sites for hydroxylation is 2. The lowest BCUT2D eigenvalue weighted by molar-refractivity contribution is 0.101. The Balaban J connectivity index is 2.04. The van der Waals surface area contributed by atoms with Gasteiger partial charge in [0, 0.05) is 4.88 Å². The zero-order chi connectivity index (χ0) is 17.5. The van der Waals surface area contributed by atoms with Crippen molar-refractivity contribution in [1.29, 1.82) is 0 Å². The lowest BCUT2D eigenvalue weighted by atomic mass is 9.94. The van der Waals surface area contributed by atoms with Crippen LogP contribution in [0, 0.1) is 12.7 Å². The van der Waals surface area contributed by atoms with Gasteiger partial charge in [0.25, 0.3) is 10.0 Å². The summed E-state index contributed by atoms with van der Waals surface area (Å²) in [7, 11) is -3.87. The number of nitrogens with one attached hydrogen (secondary N) is 1. The first-order valence-corrected chi connectivity index (χ1v) is 10.0. The molecule has 0 aliphatic heterocycles. The van der Waals surface area contributed by atoms with Gasteiger partial charge in [-0.15, -0.1) is 11.3 Å². The fraction of sp³-hybridized carbons (Fsp3) is 0.353. The molecule has 1 aromatic heterocycles. The summed E-state index contributed by atoms with van der Waals surface area (Å²) < 4.78 is 41.1. The van der Waals surface area contributed by atoms with Gasteiger partial charge in [0.05, 0.1) is 10.5 Å². The van der Waals surface area contributed by atoms with Crippen LogP contribution in [0.2, 0.25) is 0 Å². The average molecular weight is 367 g/mol. The van der Waals surface area contributed by atoms with Crippen molar-refractivity contribution in [2.45, 2.75) is 44.4 Å². The van der Waals surface area contributed by atoms with Crippen LogP contribution < -0.4 is 4.72 Å². The lowest BCUT2D eigenvalue weighted by Gasteiger charge is -2.12. The van der Waals surface area contributed by atoms with Crippen LogP contribution in [0.25, 0.3) is 0 Å². The Bertz CT molecular complexity index is 916. The number of halogens is 1. The maximum atomic E-state index is 13.2. The molecule has 4 nitrogen and oxygen atoms in total. The summed E-state index contributed by atoms with van der Waals surface area (Å²) in [5, 5.41) is 0.373. The van der Waals surface area contributed by atoms with Crippen LogP contribution in [0.4, 0.5) is 9.39 Å². The van der Waals surface area contributed by atoms with Crippen molar-refractivity contribution in [2.75, 3.05) is 4.72 Å². The summed E-state index contributed by atoms with van der Waals surface area (Å²) in [6, 6.07) is 3.54. The Kier molecular flexibility index (Phi) is 4.48. The van der Waals surface area contributed by atoms with Gasteiger partial charge in [-0.2, -0.15) is 0 Å². The van der Waals surface area contributed by atoms with Crippen molar-refractivity contribution in [3.05, 3.63) is 45.6 Å². The minimum Gasteiger partial charge on any atom is -0.294 e. The molecule has 2 aromatic rings. The van der Waals surface area contributed by atoms with E-state index < -0.39 is 15.8 Å². The topological polar surface area (TPSA) is 63.2 Å². The average Bonchev–Trinajstić information content (AvgIpc) is 2.83. The van der Waals surface area contributed by atoms with Crippen LogP contribution in [-0.4, -0.2) is 14.2 Å². The van der Waals surface area contributed by atoms with Crippen molar-refractivity contribution in [1.82, 2.24) is 0 Å². The molecule has 0 atom stereocenters. The summed E-state index contributed by atoms with van der Waals surface area (Å²) in [6.07, 6.45) is 3.73. The van der Waals surface area contributed by atoms with Crippen LogP contribution in [0.15, 0.2) is 23.1 Å². The number of thiophene rings is 1. The van der Waals surface area contributed by atoms with E-state index in [1.54, 1.807) is 6.92 Å². The maximum absolute atomic E-state index is 13.2. The van der Waals surface area contributed by atoms with Gasteiger partial charge in [0.15, 0.2) is 5.78 Å². The molecule has 0 bridgehead atoms. The summed E-state index contributed by atoms with van der Waals surface area (Å²) in [4.78, 5) is 13.2. The van der Waals surface area contributed by atoms with Crippen LogP contribution >= 0.6 is 11.3 Å². The Morgan fingerprint density at radius 2 is 1.96 bits per heavy atom. The normalized spacial score (nSPS) is 14.3. The summed E-state index contributed by atoms with van der Waals surface area (Å²) >= 11 is 1.34. The van der Waals surface area contributed by atoms with E-state index >= 15 is 0 Å². The molecule has 7 heteroatoms. The second kappa shape index (κ2) is 6.29. The van der Waals surface area contributed by atoms with Crippen LogP contribution in [-0.2, 0) is 22.9 Å². The number of ketones is 1. The molecule has 0 spiro atoms. The minimum atomic E-state index is -3.87. The predicted molar refractivity (Wildman–Crippen MR) is 92.9 cm³/mol. The van der Waals surface area contributed by atoms with Crippen molar-refractivity contribution < 1.29 is 17.6 Å². The number of hydrogen-bond acceptors (Lipinski definition) is 4. The zero-order valence-electron chi connectivity index (χ0n) is 13.5. The number of sulfonamides is 1. The van der Waals surface area contributed by atoms with Gasteiger partial charge in [-0.25, -0.2) is 12.8 Å². The molecule has 1 aliphatic rings. The minimum absolute atomic E-state index is 0.0183. The second-order valence-corrected chi connectivity index (χ2v) is 8.74. The van der Waals surface area contributed by atoms with Crippen LogP contribution in [0.5, 0.6) is 0 Å². The highest BCUT2D eigenvalue weighted by Gasteiger charge is 2.27. The van der Waals surface area contributed by atoms with E-state index in [9.17, 15) is 17.6 Å². The molecule has 3 rings (SSSR count). The van der Waals surface area contributed by atoms with E-state index in [4.69, 9.17) is 0 Å². The standard InChI is InChI=1S/C17H18FNO3S2/c1-10-9-12(18)7-8-15(10)24(21,22)19-17-16(11(2)20)13-5-3-4-6-14(13)23-17/h7-9,19H,3-6H2,1-2H3. The molecule has 0 unspecified atom stereocenters. The molecule has 1 heterocycles. The van der Waals surface area contributed by atoms with Gasteiger partial charge in [0.1, 0.15) is 10.8 Å². The molecular weight excluding hydrogens is 349 g/mol. The SMILES string of the molecule is CC(=O)c1c(NS(=O)(=O)c2ccc(F)cc2C)sc2c1CCCC2. The molecule has 1 N–H and O–H groups in total. The fourth-order valence-electron chi connectivity index (χ4n) is 3.10. The molecule has 0 fully saturated rings. The largest absolute Gasteiger partial charge is 0.294 e. The molecule has 0 radical (unpaired) electrons. The summed E-state index contributed by atoms with van der Waals surface area (Å²) in [5.41, 5.74) is 1.79. The Labute approximate surface area is 144 Å². The maximum Gasteiger partial charge on any atom is 0.262 e. The molecule has 0 amide bonds. The van der Waals surface area contributed by atoms with Gasteiger partial charge in [-0.05, 0) is 68.9 Å². The van der Waals surface area contributed by atoms with Crippen molar-refractivity contribution in [2.24, 2.45) is 0 Å². The number of rotatable bonds is 4. The molecule has 24 heavy (non-hydrogen) atoms.